The molecule has 5 rings (SSSR count). The van der Waals surface area contributed by atoms with Crippen molar-refractivity contribution in [2.24, 2.45) is 7.05 Å². The van der Waals surface area contributed by atoms with E-state index in [1.54, 1.807) is 6.07 Å². The van der Waals surface area contributed by atoms with Crippen LogP contribution in [0.1, 0.15) is 34.6 Å². The van der Waals surface area contributed by atoms with Crippen molar-refractivity contribution in [2.45, 2.75) is 18.5 Å². The average molecular weight is 532 g/mol. The molecule has 3 aromatic carbocycles. The minimum Gasteiger partial charge on any atom is -0.350 e. The van der Waals surface area contributed by atoms with E-state index in [-0.39, 0.29) is 12.3 Å². The molecule has 39 heavy (non-hydrogen) atoms. The lowest BCUT2D eigenvalue weighted by atomic mass is 9.87. The second-order valence-electron chi connectivity index (χ2n) is 10.1. The van der Waals surface area contributed by atoms with Gasteiger partial charge in [-0.2, -0.15) is 13.2 Å². The van der Waals surface area contributed by atoms with Crippen molar-refractivity contribution in [2.75, 3.05) is 32.7 Å². The summed E-state index contributed by atoms with van der Waals surface area (Å²) >= 11 is 0. The topological polar surface area (TPSA) is 28.5 Å². The summed E-state index contributed by atoms with van der Waals surface area (Å²) in [6, 6.07) is 23.3. The number of rotatable bonds is 7. The van der Waals surface area contributed by atoms with Crippen LogP contribution >= 0.6 is 0 Å². The number of amides is 1. The lowest BCUT2D eigenvalue weighted by molar-refractivity contribution is -0.137. The summed E-state index contributed by atoms with van der Waals surface area (Å²) in [5, 5.41) is 0.949. The van der Waals surface area contributed by atoms with Crippen molar-refractivity contribution >= 4 is 22.9 Å². The molecule has 0 unspecified atom stereocenters. The first-order chi connectivity index (χ1) is 18.8. The van der Waals surface area contributed by atoms with Gasteiger partial charge in [0.05, 0.1) is 5.56 Å². The maximum absolute atomic E-state index is 13.6. The molecule has 0 spiro atoms. The third-order valence-corrected chi connectivity index (χ3v) is 7.50. The normalized spacial score (nSPS) is 15.7. The first-order valence-electron chi connectivity index (χ1n) is 13.2. The first-order valence-corrected chi connectivity index (χ1v) is 13.2. The van der Waals surface area contributed by atoms with Gasteiger partial charge in [-0.25, -0.2) is 0 Å². The minimum atomic E-state index is -4.45. The van der Waals surface area contributed by atoms with Gasteiger partial charge in [0.15, 0.2) is 0 Å². The Morgan fingerprint density at radius 2 is 1.64 bits per heavy atom. The van der Waals surface area contributed by atoms with Crippen LogP contribution in [0, 0.1) is 0 Å². The van der Waals surface area contributed by atoms with Crippen LogP contribution in [0.15, 0.2) is 91.1 Å². The first kappa shape index (κ1) is 26.8. The Hall–Kier alpha value is -3.84. The van der Waals surface area contributed by atoms with Gasteiger partial charge < -0.3 is 9.47 Å². The van der Waals surface area contributed by atoms with Crippen LogP contribution in [0.5, 0.6) is 0 Å². The predicted octanol–water partition coefficient (Wildman–Crippen LogP) is 6.58. The highest BCUT2D eigenvalue weighted by Crippen LogP contribution is 2.37. The molecule has 1 saturated heterocycles. The summed E-state index contributed by atoms with van der Waals surface area (Å²) in [4.78, 5) is 17.7. The number of aryl methyl sites for hydroxylation is 1. The Labute approximate surface area is 227 Å². The highest BCUT2D eigenvalue weighted by Gasteiger charge is 2.32. The summed E-state index contributed by atoms with van der Waals surface area (Å²) in [7, 11) is 1.92. The Balaban J connectivity index is 1.32. The maximum Gasteiger partial charge on any atom is 0.416 e. The second-order valence-corrected chi connectivity index (χ2v) is 10.1. The van der Waals surface area contributed by atoms with Crippen molar-refractivity contribution in [3.8, 4) is 0 Å². The molecule has 1 atom stereocenters. The summed E-state index contributed by atoms with van der Waals surface area (Å²) < 4.78 is 42.7. The van der Waals surface area contributed by atoms with Crippen LogP contribution in [0.25, 0.3) is 17.0 Å². The fourth-order valence-corrected chi connectivity index (χ4v) is 5.38. The van der Waals surface area contributed by atoms with Gasteiger partial charge in [-0.1, -0.05) is 78.9 Å². The van der Waals surface area contributed by atoms with E-state index >= 15 is 0 Å². The molecule has 4 aromatic rings. The smallest absolute Gasteiger partial charge is 0.350 e. The number of fused-ring (bicyclic) bond motifs is 1. The number of hydrogen-bond acceptors (Lipinski definition) is 2. The number of halogens is 3. The maximum atomic E-state index is 13.6. The van der Waals surface area contributed by atoms with Gasteiger partial charge in [0.25, 0.3) is 0 Å². The number of hydrogen-bond donors (Lipinski definition) is 0. The number of carbonyl (C=O) groups is 1. The van der Waals surface area contributed by atoms with Crippen LogP contribution in [-0.4, -0.2) is 53.0 Å². The quantitative estimate of drug-likeness (QED) is 0.270. The van der Waals surface area contributed by atoms with E-state index in [1.807, 2.05) is 65.2 Å². The number of carbonyl (C=O) groups excluding carboxylic acids is 1. The monoisotopic (exact) mass is 531 g/mol. The molecular formula is C32H32F3N3O. The zero-order valence-electron chi connectivity index (χ0n) is 21.9. The number of aromatic nitrogens is 1. The molecule has 4 nitrogen and oxygen atoms in total. The van der Waals surface area contributed by atoms with Crippen LogP contribution < -0.4 is 0 Å². The third-order valence-electron chi connectivity index (χ3n) is 7.50. The second kappa shape index (κ2) is 11.5. The highest BCUT2D eigenvalue weighted by molar-refractivity contribution is 5.86. The van der Waals surface area contributed by atoms with Crippen molar-refractivity contribution in [1.82, 2.24) is 14.4 Å². The van der Waals surface area contributed by atoms with Gasteiger partial charge in [-0.15, -0.1) is 0 Å². The Morgan fingerprint density at radius 3 is 2.38 bits per heavy atom. The van der Waals surface area contributed by atoms with Crippen LogP contribution in [0.4, 0.5) is 13.2 Å². The minimum absolute atomic E-state index is 0.0372. The van der Waals surface area contributed by atoms with E-state index in [0.29, 0.717) is 18.7 Å². The fourth-order valence-electron chi connectivity index (χ4n) is 5.38. The lowest BCUT2D eigenvalue weighted by Crippen LogP contribution is -2.48. The molecule has 1 aliphatic heterocycles. The third kappa shape index (κ3) is 6.25. The van der Waals surface area contributed by atoms with Crippen molar-refractivity contribution in [1.29, 1.82) is 0 Å². The molecule has 0 bridgehead atoms. The van der Waals surface area contributed by atoms with E-state index in [2.05, 4.69) is 29.2 Å². The number of benzene rings is 3. The van der Waals surface area contributed by atoms with Crippen molar-refractivity contribution in [3.63, 3.8) is 0 Å². The molecule has 0 N–H and O–H groups in total. The van der Waals surface area contributed by atoms with Gasteiger partial charge >= 0.3 is 6.18 Å². The lowest BCUT2D eigenvalue weighted by Gasteiger charge is -2.35. The van der Waals surface area contributed by atoms with Crippen LogP contribution in [0.3, 0.4) is 0 Å². The van der Waals surface area contributed by atoms with Gasteiger partial charge in [-0.3, -0.25) is 9.69 Å². The molecule has 1 aliphatic rings. The van der Waals surface area contributed by atoms with E-state index in [0.717, 1.165) is 47.7 Å². The predicted molar refractivity (Wildman–Crippen MR) is 149 cm³/mol. The summed E-state index contributed by atoms with van der Waals surface area (Å²) in [6.07, 6.45) is 1.84. The Bertz CT molecular complexity index is 1450. The zero-order valence-corrected chi connectivity index (χ0v) is 21.9. The molecule has 7 heteroatoms. The van der Waals surface area contributed by atoms with Crippen molar-refractivity contribution in [3.05, 3.63) is 113 Å². The SMILES string of the molecule is Cn1cc([C@H](CC(=O)N2CCN(C/C=C/c3ccccc3)CC2)c2cccc(C(F)(F)F)c2)c2ccccc21. The van der Waals surface area contributed by atoms with Gasteiger partial charge in [0, 0.05) is 69.2 Å². The largest absolute Gasteiger partial charge is 0.416 e. The van der Waals surface area contributed by atoms with Crippen LogP contribution in [-0.2, 0) is 18.0 Å². The molecule has 202 valence electrons. The van der Waals surface area contributed by atoms with Gasteiger partial charge in [0.2, 0.25) is 5.91 Å². The Morgan fingerprint density at radius 1 is 0.923 bits per heavy atom. The summed E-state index contributed by atoms with van der Waals surface area (Å²) in [5.74, 6) is -0.525. The van der Waals surface area contributed by atoms with Gasteiger partial charge in [0.1, 0.15) is 0 Å². The number of para-hydroxylation sites is 1. The zero-order chi connectivity index (χ0) is 27.4. The molecule has 1 aromatic heterocycles. The Kier molecular flexibility index (Phi) is 7.89. The molecule has 0 saturated carbocycles. The molecule has 0 aliphatic carbocycles. The molecule has 1 amide bonds. The molecular weight excluding hydrogens is 499 g/mol. The standard InChI is InChI=1S/C32H32F3N3O/c1-36-23-29(27-14-5-6-15-30(27)36)28(25-12-7-13-26(21-25)32(33,34)35)22-31(39)38-19-17-37(18-20-38)16-8-11-24-9-3-2-4-10-24/h2-15,21,23,28H,16-20,22H2,1H3/b11-8+/t28-/m1/s1. The average Bonchev–Trinajstić information content (AvgIpc) is 3.28. The van der Waals surface area contributed by atoms with Crippen molar-refractivity contribution < 1.29 is 18.0 Å². The number of alkyl halides is 3. The highest BCUT2D eigenvalue weighted by atomic mass is 19.4. The van der Waals surface area contributed by atoms with E-state index in [4.69, 9.17) is 0 Å². The fraction of sp³-hybridized carbons (Fsp3) is 0.281. The summed E-state index contributed by atoms with van der Waals surface area (Å²) in [6.45, 7) is 3.52. The van der Waals surface area contributed by atoms with Gasteiger partial charge in [-0.05, 0) is 28.8 Å². The van der Waals surface area contributed by atoms with E-state index in [9.17, 15) is 18.0 Å². The molecule has 2 heterocycles. The molecule has 0 radical (unpaired) electrons. The summed E-state index contributed by atoms with van der Waals surface area (Å²) in [5.41, 5.74) is 2.80. The number of piperazine rings is 1. The number of nitrogens with zero attached hydrogens (tertiary/aromatic N) is 3. The van der Waals surface area contributed by atoms with E-state index in [1.165, 1.54) is 12.1 Å². The van der Waals surface area contributed by atoms with E-state index < -0.39 is 17.7 Å². The van der Waals surface area contributed by atoms with Crippen LogP contribution in [0.2, 0.25) is 0 Å². The molecule has 1 fully saturated rings.